The summed E-state index contributed by atoms with van der Waals surface area (Å²) in [5, 5.41) is 14.9. The summed E-state index contributed by atoms with van der Waals surface area (Å²) >= 11 is 0. The minimum absolute atomic E-state index is 0.0131. The van der Waals surface area contributed by atoms with Crippen LogP contribution in [-0.4, -0.2) is 43.0 Å². The number of hydrogen-bond acceptors (Lipinski definition) is 4. The lowest BCUT2D eigenvalue weighted by Gasteiger charge is -2.24. The minimum Gasteiger partial charge on any atom is -0.396 e. The van der Waals surface area contributed by atoms with Crippen LogP contribution in [0.2, 0.25) is 0 Å². The highest BCUT2D eigenvalue weighted by molar-refractivity contribution is 5.88. The standard InChI is InChI=1S/C17H34N2O3/c1-16(2,3)14(21)13(18-6)9-7-8-11-19-15(22)17(4,5)10-12-20/h13,18,20H,7-12H2,1-6H3,(H,19,22). The molecule has 0 radical (unpaired) electrons. The summed E-state index contributed by atoms with van der Waals surface area (Å²) in [6, 6.07) is -0.124. The Morgan fingerprint density at radius 1 is 1.09 bits per heavy atom. The first-order chi connectivity index (χ1) is 10.1. The number of carbonyl (C=O) groups is 2. The molecule has 0 aliphatic rings. The monoisotopic (exact) mass is 314 g/mol. The van der Waals surface area contributed by atoms with Gasteiger partial charge in [0.25, 0.3) is 0 Å². The molecule has 5 nitrogen and oxygen atoms in total. The third kappa shape index (κ3) is 7.36. The van der Waals surface area contributed by atoms with Gasteiger partial charge in [-0.2, -0.15) is 0 Å². The van der Waals surface area contributed by atoms with Crippen LogP contribution < -0.4 is 10.6 Å². The van der Waals surface area contributed by atoms with Crippen LogP contribution in [0.25, 0.3) is 0 Å². The van der Waals surface area contributed by atoms with Crippen molar-refractivity contribution in [3.63, 3.8) is 0 Å². The van der Waals surface area contributed by atoms with Gasteiger partial charge in [0.2, 0.25) is 5.91 Å². The molecule has 0 spiro atoms. The summed E-state index contributed by atoms with van der Waals surface area (Å²) in [6.07, 6.45) is 2.97. The van der Waals surface area contributed by atoms with Gasteiger partial charge in [-0.15, -0.1) is 0 Å². The zero-order valence-electron chi connectivity index (χ0n) is 15.1. The molecule has 0 aliphatic heterocycles. The summed E-state index contributed by atoms with van der Waals surface area (Å²) < 4.78 is 0. The highest BCUT2D eigenvalue weighted by Crippen LogP contribution is 2.20. The maximum atomic E-state index is 12.2. The van der Waals surface area contributed by atoms with Crippen LogP contribution in [0, 0.1) is 10.8 Å². The van der Waals surface area contributed by atoms with Gasteiger partial charge in [0.15, 0.2) is 5.78 Å². The van der Waals surface area contributed by atoms with E-state index in [-0.39, 0.29) is 29.8 Å². The van der Waals surface area contributed by atoms with Gasteiger partial charge >= 0.3 is 0 Å². The molecule has 1 amide bonds. The number of Topliss-reactive ketones (excluding diaryl/α,β-unsaturated/α-hetero) is 1. The van der Waals surface area contributed by atoms with E-state index in [2.05, 4.69) is 10.6 Å². The molecule has 0 aromatic heterocycles. The van der Waals surface area contributed by atoms with Crippen molar-refractivity contribution >= 4 is 11.7 Å². The summed E-state index contributed by atoms with van der Waals surface area (Å²) in [6.45, 7) is 10.1. The van der Waals surface area contributed by atoms with Gasteiger partial charge in [0.1, 0.15) is 0 Å². The first-order valence-electron chi connectivity index (χ1n) is 8.17. The molecule has 22 heavy (non-hydrogen) atoms. The van der Waals surface area contributed by atoms with Gasteiger partial charge in [-0.25, -0.2) is 0 Å². The number of carbonyl (C=O) groups excluding carboxylic acids is 2. The third-order valence-electron chi connectivity index (χ3n) is 3.96. The SMILES string of the molecule is CNC(CCCCNC(=O)C(C)(C)CCO)C(=O)C(C)(C)C. The summed E-state index contributed by atoms with van der Waals surface area (Å²) in [5.41, 5.74) is -0.874. The molecule has 0 rings (SSSR count). The summed E-state index contributed by atoms with van der Waals surface area (Å²) in [4.78, 5) is 24.2. The van der Waals surface area contributed by atoms with Crippen molar-refractivity contribution in [1.29, 1.82) is 0 Å². The molecule has 0 aromatic rings. The normalized spacial score (nSPS) is 13.8. The van der Waals surface area contributed by atoms with E-state index in [1.54, 1.807) is 0 Å². The second kappa shape index (κ2) is 9.26. The number of aliphatic hydroxyl groups excluding tert-OH is 1. The molecule has 130 valence electrons. The molecule has 0 aliphatic carbocycles. The molecule has 0 heterocycles. The van der Waals surface area contributed by atoms with Crippen LogP contribution >= 0.6 is 0 Å². The number of unbranched alkanes of at least 4 members (excludes halogenated alkanes) is 1. The third-order valence-corrected chi connectivity index (χ3v) is 3.96. The van der Waals surface area contributed by atoms with Gasteiger partial charge in [-0.05, 0) is 32.7 Å². The topological polar surface area (TPSA) is 78.4 Å². The van der Waals surface area contributed by atoms with Crippen molar-refractivity contribution in [3.05, 3.63) is 0 Å². The summed E-state index contributed by atoms with van der Waals surface area (Å²) in [7, 11) is 1.81. The fourth-order valence-electron chi connectivity index (χ4n) is 2.24. The molecule has 1 unspecified atom stereocenters. The van der Waals surface area contributed by atoms with Gasteiger partial charge in [-0.1, -0.05) is 34.6 Å². The fourth-order valence-corrected chi connectivity index (χ4v) is 2.24. The molecular formula is C17H34N2O3. The molecule has 0 aromatic carbocycles. The van der Waals surface area contributed by atoms with Gasteiger partial charge in [-0.3, -0.25) is 9.59 Å². The van der Waals surface area contributed by atoms with E-state index in [9.17, 15) is 9.59 Å². The maximum absolute atomic E-state index is 12.2. The van der Waals surface area contributed by atoms with Crippen LogP contribution in [0.5, 0.6) is 0 Å². The number of likely N-dealkylation sites (N-methyl/N-ethyl adjacent to an activating group) is 1. The van der Waals surface area contributed by atoms with Crippen molar-refractivity contribution in [3.8, 4) is 0 Å². The highest BCUT2D eigenvalue weighted by Gasteiger charge is 2.28. The van der Waals surface area contributed by atoms with Crippen molar-refractivity contribution < 1.29 is 14.7 Å². The predicted molar refractivity (Wildman–Crippen MR) is 89.7 cm³/mol. The van der Waals surface area contributed by atoms with Crippen molar-refractivity contribution in [2.24, 2.45) is 10.8 Å². The Morgan fingerprint density at radius 2 is 1.68 bits per heavy atom. The number of amides is 1. The number of hydrogen-bond donors (Lipinski definition) is 3. The Balaban J connectivity index is 4.07. The Bertz CT molecular complexity index is 359. The van der Waals surface area contributed by atoms with E-state index in [1.165, 1.54) is 0 Å². The van der Waals surface area contributed by atoms with Gasteiger partial charge in [0, 0.05) is 24.0 Å². The highest BCUT2D eigenvalue weighted by atomic mass is 16.3. The lowest BCUT2D eigenvalue weighted by Crippen LogP contribution is -2.41. The van der Waals surface area contributed by atoms with E-state index < -0.39 is 5.41 Å². The molecule has 1 atom stereocenters. The first-order valence-corrected chi connectivity index (χ1v) is 8.17. The number of aliphatic hydroxyl groups is 1. The number of nitrogens with one attached hydrogen (secondary N) is 2. The van der Waals surface area contributed by atoms with Gasteiger partial charge in [0.05, 0.1) is 6.04 Å². The number of ketones is 1. The van der Waals surface area contributed by atoms with E-state index >= 15 is 0 Å². The van der Waals surface area contributed by atoms with Crippen LogP contribution in [-0.2, 0) is 9.59 Å². The van der Waals surface area contributed by atoms with Crippen LogP contribution in [0.4, 0.5) is 0 Å². The second-order valence-corrected chi connectivity index (χ2v) is 7.56. The van der Waals surface area contributed by atoms with Crippen molar-refractivity contribution in [1.82, 2.24) is 10.6 Å². The Morgan fingerprint density at radius 3 is 2.14 bits per heavy atom. The Labute approximate surface area is 135 Å². The first kappa shape index (κ1) is 21.1. The van der Waals surface area contributed by atoms with Crippen LogP contribution in [0.1, 0.15) is 60.3 Å². The summed E-state index contributed by atoms with van der Waals surface area (Å²) in [5.74, 6) is 0.195. The Hall–Kier alpha value is -0.940. The molecule has 5 heteroatoms. The zero-order chi connectivity index (χ0) is 17.4. The van der Waals surface area contributed by atoms with E-state index in [1.807, 2.05) is 41.7 Å². The molecule has 3 N–H and O–H groups in total. The van der Waals surface area contributed by atoms with Crippen LogP contribution in [0.15, 0.2) is 0 Å². The maximum Gasteiger partial charge on any atom is 0.225 e. The largest absolute Gasteiger partial charge is 0.396 e. The smallest absolute Gasteiger partial charge is 0.225 e. The van der Waals surface area contributed by atoms with Crippen molar-refractivity contribution in [2.45, 2.75) is 66.3 Å². The molecule has 0 saturated heterocycles. The lowest BCUT2D eigenvalue weighted by molar-refractivity contribution is -0.130. The van der Waals surface area contributed by atoms with E-state index in [0.717, 1.165) is 19.3 Å². The second-order valence-electron chi connectivity index (χ2n) is 7.56. The quantitative estimate of drug-likeness (QED) is 0.538. The fraction of sp³-hybridized carbons (Fsp3) is 0.882. The van der Waals surface area contributed by atoms with Gasteiger partial charge < -0.3 is 15.7 Å². The molecule has 0 saturated carbocycles. The predicted octanol–water partition coefficient (Wildman–Crippen LogP) is 1.88. The lowest BCUT2D eigenvalue weighted by atomic mass is 9.85. The van der Waals surface area contributed by atoms with E-state index in [0.29, 0.717) is 13.0 Å². The molecule has 0 fully saturated rings. The van der Waals surface area contributed by atoms with Crippen LogP contribution in [0.3, 0.4) is 0 Å². The average Bonchev–Trinajstić information content (AvgIpc) is 2.40. The zero-order valence-corrected chi connectivity index (χ0v) is 15.1. The molecular weight excluding hydrogens is 280 g/mol. The number of rotatable bonds is 10. The van der Waals surface area contributed by atoms with E-state index in [4.69, 9.17) is 5.11 Å². The molecule has 0 bridgehead atoms. The minimum atomic E-state index is -0.537. The average molecular weight is 314 g/mol. The van der Waals surface area contributed by atoms with Crippen molar-refractivity contribution in [2.75, 3.05) is 20.2 Å². The Kier molecular flexibility index (Phi) is 8.86.